The molecule has 7 heteroatoms. The molecule has 23 heavy (non-hydrogen) atoms. The Bertz CT molecular complexity index is 405. The number of carbonyl (C=O) groups is 2. The number of hydrogen-bond donors (Lipinski definition) is 3. The summed E-state index contributed by atoms with van der Waals surface area (Å²) in [5.74, 6) is -0.992. The molecule has 0 aromatic rings. The van der Waals surface area contributed by atoms with E-state index in [-0.39, 0.29) is 11.0 Å². The van der Waals surface area contributed by atoms with Gasteiger partial charge < -0.3 is 20.6 Å². The van der Waals surface area contributed by atoms with E-state index in [1.54, 1.807) is 0 Å². The van der Waals surface area contributed by atoms with Gasteiger partial charge >= 0.3 is 0 Å². The number of hydrogen-bond acceptors (Lipinski definition) is 4. The normalized spacial score (nSPS) is 15.3. The fraction of sp³-hybridized carbons (Fsp3) is 0.875. The molecule has 0 spiro atoms. The quantitative estimate of drug-likeness (QED) is 0.554. The van der Waals surface area contributed by atoms with E-state index < -0.39 is 32.3 Å². The van der Waals surface area contributed by atoms with Gasteiger partial charge in [-0.3, -0.25) is 9.59 Å². The fourth-order valence-corrected chi connectivity index (χ4v) is 2.82. The molecule has 136 valence electrons. The third-order valence-corrected chi connectivity index (χ3v) is 8.87. The summed E-state index contributed by atoms with van der Waals surface area (Å²) >= 11 is 0. The minimum absolute atomic E-state index is 0.0753. The standard InChI is InChI=1S/C16H34N2O4Si/c1-11(2)10-13(19)15(21)18-12(14(17)20)8-9-22-23(6,7)16(3,4)5/h11-13,19H,8-10H2,1-7H3,(H2,17,20)(H,18,21)/t12-,13-/m1/s1. The number of nitrogens with one attached hydrogen (secondary N) is 1. The Morgan fingerprint density at radius 2 is 1.78 bits per heavy atom. The Morgan fingerprint density at radius 1 is 1.26 bits per heavy atom. The van der Waals surface area contributed by atoms with Crippen molar-refractivity contribution in [2.75, 3.05) is 6.61 Å². The van der Waals surface area contributed by atoms with Crippen molar-refractivity contribution in [3.05, 3.63) is 0 Å². The van der Waals surface area contributed by atoms with Crippen LogP contribution in [0, 0.1) is 5.92 Å². The lowest BCUT2D eigenvalue weighted by atomic mass is 10.0. The molecule has 0 rings (SSSR count). The van der Waals surface area contributed by atoms with Crippen LogP contribution in [-0.2, 0) is 14.0 Å². The van der Waals surface area contributed by atoms with Crippen molar-refractivity contribution in [1.82, 2.24) is 5.32 Å². The summed E-state index contributed by atoms with van der Waals surface area (Å²) in [6.45, 7) is 14.8. The van der Waals surface area contributed by atoms with Crippen LogP contribution in [0.2, 0.25) is 18.1 Å². The van der Waals surface area contributed by atoms with Gasteiger partial charge in [0.25, 0.3) is 0 Å². The van der Waals surface area contributed by atoms with E-state index in [0.29, 0.717) is 19.4 Å². The molecule has 0 fully saturated rings. The molecule has 0 aromatic heterocycles. The molecule has 0 saturated heterocycles. The molecule has 0 aliphatic carbocycles. The van der Waals surface area contributed by atoms with Crippen molar-refractivity contribution in [3.63, 3.8) is 0 Å². The predicted octanol–water partition coefficient (Wildman–Crippen LogP) is 1.78. The lowest BCUT2D eigenvalue weighted by molar-refractivity contribution is -0.134. The van der Waals surface area contributed by atoms with Gasteiger partial charge in [0.05, 0.1) is 0 Å². The van der Waals surface area contributed by atoms with Crippen molar-refractivity contribution in [2.45, 2.75) is 77.7 Å². The van der Waals surface area contributed by atoms with Gasteiger partial charge in [0, 0.05) is 6.61 Å². The molecule has 2 amide bonds. The van der Waals surface area contributed by atoms with Gasteiger partial charge in [-0.15, -0.1) is 0 Å². The van der Waals surface area contributed by atoms with Crippen LogP contribution in [0.25, 0.3) is 0 Å². The zero-order valence-electron chi connectivity index (χ0n) is 15.6. The van der Waals surface area contributed by atoms with E-state index in [2.05, 4.69) is 39.2 Å². The van der Waals surface area contributed by atoms with Crippen LogP contribution in [0.5, 0.6) is 0 Å². The van der Waals surface area contributed by atoms with Gasteiger partial charge in [-0.05, 0) is 36.9 Å². The minimum atomic E-state index is -1.90. The molecule has 2 atom stereocenters. The first-order valence-electron chi connectivity index (χ1n) is 8.19. The number of nitrogens with two attached hydrogens (primary N) is 1. The molecule has 0 heterocycles. The predicted molar refractivity (Wildman–Crippen MR) is 94.4 cm³/mol. The second-order valence-electron chi connectivity index (χ2n) is 8.01. The molecule has 0 unspecified atom stereocenters. The Balaban J connectivity index is 4.55. The Morgan fingerprint density at radius 3 is 2.17 bits per heavy atom. The molecule has 0 aromatic carbocycles. The third-order valence-electron chi connectivity index (χ3n) is 4.33. The maximum absolute atomic E-state index is 11.9. The van der Waals surface area contributed by atoms with Crippen LogP contribution in [0.4, 0.5) is 0 Å². The van der Waals surface area contributed by atoms with Crippen LogP contribution >= 0.6 is 0 Å². The van der Waals surface area contributed by atoms with Crippen LogP contribution < -0.4 is 11.1 Å². The van der Waals surface area contributed by atoms with Crippen LogP contribution in [0.1, 0.15) is 47.5 Å². The first-order chi connectivity index (χ1) is 10.3. The monoisotopic (exact) mass is 346 g/mol. The van der Waals surface area contributed by atoms with E-state index >= 15 is 0 Å². The number of aliphatic hydroxyl groups excluding tert-OH is 1. The van der Waals surface area contributed by atoms with E-state index in [1.807, 2.05) is 13.8 Å². The molecule has 0 saturated carbocycles. The number of rotatable bonds is 9. The van der Waals surface area contributed by atoms with Gasteiger partial charge in [0.15, 0.2) is 8.32 Å². The lowest BCUT2D eigenvalue weighted by Crippen LogP contribution is -2.49. The summed E-state index contributed by atoms with van der Waals surface area (Å²) < 4.78 is 6.00. The molecule has 0 bridgehead atoms. The largest absolute Gasteiger partial charge is 0.417 e. The Hall–Kier alpha value is -0.923. The summed E-state index contributed by atoms with van der Waals surface area (Å²) in [4.78, 5) is 23.4. The van der Waals surface area contributed by atoms with Crippen LogP contribution in [-0.4, -0.2) is 44.0 Å². The molecular weight excluding hydrogens is 312 g/mol. The molecule has 0 aliphatic rings. The summed E-state index contributed by atoms with van der Waals surface area (Å²) in [6, 6.07) is -0.825. The highest BCUT2D eigenvalue weighted by atomic mass is 28.4. The second-order valence-corrected chi connectivity index (χ2v) is 12.8. The van der Waals surface area contributed by atoms with Crippen LogP contribution in [0.15, 0.2) is 0 Å². The zero-order chi connectivity index (χ0) is 18.4. The fourth-order valence-electron chi connectivity index (χ4n) is 1.76. The lowest BCUT2D eigenvalue weighted by Gasteiger charge is -2.36. The average Bonchev–Trinajstić information content (AvgIpc) is 2.34. The first-order valence-corrected chi connectivity index (χ1v) is 11.1. The Kier molecular flexibility index (Phi) is 8.44. The third kappa shape index (κ3) is 7.94. The number of primary amides is 1. The number of carbonyl (C=O) groups excluding carboxylic acids is 2. The topological polar surface area (TPSA) is 102 Å². The van der Waals surface area contributed by atoms with Crippen molar-refractivity contribution < 1.29 is 19.1 Å². The van der Waals surface area contributed by atoms with Crippen molar-refractivity contribution in [3.8, 4) is 0 Å². The maximum Gasteiger partial charge on any atom is 0.249 e. The van der Waals surface area contributed by atoms with Crippen molar-refractivity contribution in [2.24, 2.45) is 11.7 Å². The van der Waals surface area contributed by atoms with E-state index in [4.69, 9.17) is 10.2 Å². The van der Waals surface area contributed by atoms with Crippen LogP contribution in [0.3, 0.4) is 0 Å². The number of aliphatic hydroxyl groups is 1. The van der Waals surface area contributed by atoms with Gasteiger partial charge in [-0.2, -0.15) is 0 Å². The van der Waals surface area contributed by atoms with Gasteiger partial charge in [-0.25, -0.2) is 0 Å². The Labute approximate surface area is 141 Å². The molecule has 0 radical (unpaired) electrons. The SMILES string of the molecule is CC(C)C[C@@H](O)C(=O)N[C@H](CCO[Si](C)(C)C(C)(C)C)C(N)=O. The van der Waals surface area contributed by atoms with Crippen molar-refractivity contribution in [1.29, 1.82) is 0 Å². The van der Waals surface area contributed by atoms with E-state index in [1.165, 1.54) is 0 Å². The van der Waals surface area contributed by atoms with Gasteiger partial charge in [-0.1, -0.05) is 34.6 Å². The zero-order valence-corrected chi connectivity index (χ0v) is 16.6. The molecule has 0 aliphatic heterocycles. The molecule has 4 N–H and O–H groups in total. The van der Waals surface area contributed by atoms with Gasteiger partial charge in [0.2, 0.25) is 11.8 Å². The first kappa shape index (κ1) is 22.1. The summed E-state index contributed by atoms with van der Waals surface area (Å²) in [6.07, 6.45) is -0.474. The van der Waals surface area contributed by atoms with E-state index in [9.17, 15) is 14.7 Å². The van der Waals surface area contributed by atoms with Crippen molar-refractivity contribution >= 4 is 20.1 Å². The smallest absolute Gasteiger partial charge is 0.249 e. The van der Waals surface area contributed by atoms with Gasteiger partial charge in [0.1, 0.15) is 12.1 Å². The minimum Gasteiger partial charge on any atom is -0.417 e. The molecule has 6 nitrogen and oxygen atoms in total. The number of amides is 2. The highest BCUT2D eigenvalue weighted by molar-refractivity contribution is 6.74. The maximum atomic E-state index is 11.9. The second kappa shape index (κ2) is 8.80. The average molecular weight is 347 g/mol. The highest BCUT2D eigenvalue weighted by Crippen LogP contribution is 2.36. The van der Waals surface area contributed by atoms with E-state index in [0.717, 1.165) is 0 Å². The molecular formula is C16H34N2O4Si. The highest BCUT2D eigenvalue weighted by Gasteiger charge is 2.37. The summed E-state index contributed by atoms with van der Waals surface area (Å²) in [5.41, 5.74) is 5.34. The summed E-state index contributed by atoms with van der Waals surface area (Å²) in [5, 5.41) is 12.4. The summed E-state index contributed by atoms with van der Waals surface area (Å²) in [7, 11) is -1.90.